The molecule has 0 amide bonds. The molecule has 0 unspecified atom stereocenters. The first-order chi connectivity index (χ1) is 5.25. The summed E-state index contributed by atoms with van der Waals surface area (Å²) < 4.78 is 0. The zero-order valence-corrected chi connectivity index (χ0v) is 8.01. The number of hydrogen-bond acceptors (Lipinski definition) is 1. The fraction of sp³-hybridized carbons (Fsp3) is 0.333. The van der Waals surface area contributed by atoms with Gasteiger partial charge in [0.25, 0.3) is 0 Å². The summed E-state index contributed by atoms with van der Waals surface area (Å²) in [6, 6.07) is 7.86. The van der Waals surface area contributed by atoms with Gasteiger partial charge in [-0.2, -0.15) is 0 Å². The lowest BCUT2D eigenvalue weighted by Crippen LogP contribution is -1.99. The zero-order chi connectivity index (χ0) is 8.27. The van der Waals surface area contributed by atoms with Crippen LogP contribution in [0.3, 0.4) is 0 Å². The Kier molecular flexibility index (Phi) is 3.09. The monoisotopic (exact) mass is 214 g/mol. The second kappa shape index (κ2) is 3.88. The van der Waals surface area contributed by atoms with Gasteiger partial charge in [-0.1, -0.05) is 40.2 Å². The van der Waals surface area contributed by atoms with E-state index in [0.29, 0.717) is 5.33 Å². The van der Waals surface area contributed by atoms with Crippen molar-refractivity contribution in [2.45, 2.75) is 13.0 Å². The highest BCUT2D eigenvalue weighted by atomic mass is 79.9. The van der Waals surface area contributed by atoms with Crippen molar-refractivity contribution in [1.82, 2.24) is 0 Å². The first kappa shape index (κ1) is 8.75. The van der Waals surface area contributed by atoms with Crippen LogP contribution in [-0.2, 0) is 0 Å². The molecule has 0 fully saturated rings. The zero-order valence-electron chi connectivity index (χ0n) is 6.42. The molecule has 0 bridgehead atoms. The third-order valence-electron chi connectivity index (χ3n) is 1.69. The van der Waals surface area contributed by atoms with Crippen LogP contribution in [0.25, 0.3) is 0 Å². The molecule has 0 aromatic heterocycles. The van der Waals surface area contributed by atoms with Crippen LogP contribution in [0.5, 0.6) is 0 Å². The number of halogens is 1. The Morgan fingerprint density at radius 3 is 2.64 bits per heavy atom. The summed E-state index contributed by atoms with van der Waals surface area (Å²) in [6.07, 6.45) is -0.379. The van der Waals surface area contributed by atoms with Crippen LogP contribution in [-0.4, -0.2) is 10.4 Å². The minimum atomic E-state index is -0.379. The predicted molar refractivity (Wildman–Crippen MR) is 49.9 cm³/mol. The summed E-state index contributed by atoms with van der Waals surface area (Å²) >= 11 is 3.24. The maximum atomic E-state index is 9.46. The highest BCUT2D eigenvalue weighted by molar-refractivity contribution is 9.09. The summed E-state index contributed by atoms with van der Waals surface area (Å²) in [5, 5.41) is 10.1. The van der Waals surface area contributed by atoms with Crippen molar-refractivity contribution < 1.29 is 5.11 Å². The first-order valence-corrected chi connectivity index (χ1v) is 4.67. The van der Waals surface area contributed by atoms with E-state index in [0.717, 1.165) is 11.1 Å². The van der Waals surface area contributed by atoms with Gasteiger partial charge < -0.3 is 5.11 Å². The van der Waals surface area contributed by atoms with Crippen molar-refractivity contribution in [2.24, 2.45) is 0 Å². The number of rotatable bonds is 2. The molecular formula is C9H11BrO. The maximum Gasteiger partial charge on any atom is 0.0889 e. The summed E-state index contributed by atoms with van der Waals surface area (Å²) in [6.45, 7) is 2.00. The van der Waals surface area contributed by atoms with E-state index in [2.05, 4.69) is 15.9 Å². The van der Waals surface area contributed by atoms with Gasteiger partial charge in [-0.3, -0.25) is 0 Å². The van der Waals surface area contributed by atoms with Gasteiger partial charge in [-0.25, -0.2) is 0 Å². The lowest BCUT2D eigenvalue weighted by Gasteiger charge is -2.09. The number of hydrogen-bond donors (Lipinski definition) is 1. The van der Waals surface area contributed by atoms with E-state index in [-0.39, 0.29) is 6.10 Å². The van der Waals surface area contributed by atoms with Crippen molar-refractivity contribution >= 4 is 15.9 Å². The quantitative estimate of drug-likeness (QED) is 0.751. The van der Waals surface area contributed by atoms with E-state index in [1.165, 1.54) is 0 Å². The van der Waals surface area contributed by atoms with E-state index in [1.807, 2.05) is 31.2 Å². The largest absolute Gasteiger partial charge is 0.388 e. The molecule has 0 heterocycles. The molecule has 60 valence electrons. The van der Waals surface area contributed by atoms with Crippen LogP contribution in [0.2, 0.25) is 0 Å². The van der Waals surface area contributed by atoms with Crippen molar-refractivity contribution in [3.63, 3.8) is 0 Å². The van der Waals surface area contributed by atoms with Crippen LogP contribution < -0.4 is 0 Å². The van der Waals surface area contributed by atoms with Crippen molar-refractivity contribution in [1.29, 1.82) is 0 Å². The second-order valence-corrected chi connectivity index (χ2v) is 3.17. The van der Waals surface area contributed by atoms with Gasteiger partial charge >= 0.3 is 0 Å². The molecule has 11 heavy (non-hydrogen) atoms. The van der Waals surface area contributed by atoms with Gasteiger partial charge in [-0.05, 0) is 18.1 Å². The minimum absolute atomic E-state index is 0.379. The summed E-state index contributed by atoms with van der Waals surface area (Å²) in [5.41, 5.74) is 2.14. The molecule has 1 N–H and O–H groups in total. The Labute approximate surface area is 75.2 Å². The van der Waals surface area contributed by atoms with E-state index in [9.17, 15) is 5.11 Å². The molecule has 2 heteroatoms. The average Bonchev–Trinajstić information content (AvgIpc) is 2.04. The van der Waals surface area contributed by atoms with Crippen LogP contribution in [0.15, 0.2) is 24.3 Å². The topological polar surface area (TPSA) is 20.2 Å². The molecule has 0 saturated heterocycles. The van der Waals surface area contributed by atoms with Crippen LogP contribution >= 0.6 is 15.9 Å². The van der Waals surface area contributed by atoms with Gasteiger partial charge in [-0.15, -0.1) is 0 Å². The second-order valence-electron chi connectivity index (χ2n) is 2.53. The Morgan fingerprint density at radius 2 is 2.09 bits per heavy atom. The standard InChI is InChI=1S/C9H11BrO/c1-7-4-2-3-5-8(7)9(11)6-10/h2-5,9,11H,6H2,1H3/t9-/m1/s1. The van der Waals surface area contributed by atoms with Gasteiger partial charge in [0.2, 0.25) is 0 Å². The molecule has 0 radical (unpaired) electrons. The van der Waals surface area contributed by atoms with E-state index in [4.69, 9.17) is 0 Å². The Bertz CT molecular complexity index is 235. The molecule has 1 nitrogen and oxygen atoms in total. The maximum absolute atomic E-state index is 9.46. The van der Waals surface area contributed by atoms with Gasteiger partial charge in [0.1, 0.15) is 0 Å². The van der Waals surface area contributed by atoms with Crippen LogP contribution in [0.1, 0.15) is 17.2 Å². The van der Waals surface area contributed by atoms with E-state index in [1.54, 1.807) is 0 Å². The van der Waals surface area contributed by atoms with Crippen LogP contribution in [0, 0.1) is 6.92 Å². The molecular weight excluding hydrogens is 204 g/mol. The number of alkyl halides is 1. The molecule has 1 atom stereocenters. The van der Waals surface area contributed by atoms with Crippen LogP contribution in [0.4, 0.5) is 0 Å². The molecule has 1 aromatic carbocycles. The molecule has 1 rings (SSSR count). The van der Waals surface area contributed by atoms with E-state index < -0.39 is 0 Å². The van der Waals surface area contributed by atoms with Crippen molar-refractivity contribution in [3.05, 3.63) is 35.4 Å². The minimum Gasteiger partial charge on any atom is -0.388 e. The highest BCUT2D eigenvalue weighted by Gasteiger charge is 2.06. The lowest BCUT2D eigenvalue weighted by atomic mass is 10.1. The van der Waals surface area contributed by atoms with Gasteiger partial charge in [0.05, 0.1) is 6.10 Å². The van der Waals surface area contributed by atoms with Gasteiger partial charge in [0, 0.05) is 5.33 Å². The van der Waals surface area contributed by atoms with E-state index >= 15 is 0 Å². The average molecular weight is 215 g/mol. The smallest absolute Gasteiger partial charge is 0.0889 e. The number of aryl methyl sites for hydroxylation is 1. The molecule has 0 aliphatic heterocycles. The molecule has 0 aliphatic carbocycles. The highest BCUT2D eigenvalue weighted by Crippen LogP contribution is 2.18. The summed E-state index contributed by atoms with van der Waals surface area (Å²) in [4.78, 5) is 0. The normalized spacial score (nSPS) is 13.0. The Balaban J connectivity index is 2.93. The third kappa shape index (κ3) is 2.04. The summed E-state index contributed by atoms with van der Waals surface area (Å²) in [5.74, 6) is 0. The molecule has 0 saturated carbocycles. The third-order valence-corrected chi connectivity index (χ3v) is 2.31. The predicted octanol–water partition coefficient (Wildman–Crippen LogP) is 2.42. The van der Waals surface area contributed by atoms with Crippen molar-refractivity contribution in [3.8, 4) is 0 Å². The Morgan fingerprint density at radius 1 is 1.45 bits per heavy atom. The summed E-state index contributed by atoms with van der Waals surface area (Å²) in [7, 11) is 0. The first-order valence-electron chi connectivity index (χ1n) is 3.55. The number of aliphatic hydroxyl groups is 1. The fourth-order valence-electron chi connectivity index (χ4n) is 1.04. The van der Waals surface area contributed by atoms with Crippen molar-refractivity contribution in [2.75, 3.05) is 5.33 Å². The SMILES string of the molecule is Cc1ccccc1[C@H](O)CBr. The number of benzene rings is 1. The lowest BCUT2D eigenvalue weighted by molar-refractivity contribution is 0.204. The number of aliphatic hydroxyl groups excluding tert-OH is 1. The molecule has 0 aliphatic rings. The molecule has 1 aromatic rings. The molecule has 0 spiro atoms. The van der Waals surface area contributed by atoms with Gasteiger partial charge in [0.15, 0.2) is 0 Å². The Hall–Kier alpha value is -0.340. The fourth-order valence-corrected chi connectivity index (χ4v) is 1.39.